The van der Waals surface area contributed by atoms with Gasteiger partial charge in [0.25, 0.3) is 0 Å². The monoisotopic (exact) mass is 238 g/mol. The van der Waals surface area contributed by atoms with Crippen molar-refractivity contribution in [2.24, 2.45) is 0 Å². The average molecular weight is 238 g/mol. The molecule has 0 radical (unpaired) electrons. The first-order valence-corrected chi connectivity index (χ1v) is 5.44. The van der Waals surface area contributed by atoms with Crippen LogP contribution < -0.4 is 10.6 Å². The Bertz CT molecular complexity index is 405. The number of nitrogens with zero attached hydrogens (tertiary/aromatic N) is 1. The van der Waals surface area contributed by atoms with Gasteiger partial charge in [-0.05, 0) is 31.5 Å². The lowest BCUT2D eigenvalue weighted by Crippen LogP contribution is -2.22. The van der Waals surface area contributed by atoms with E-state index < -0.39 is 5.97 Å². The third kappa shape index (κ3) is 3.64. The number of nitrogens with two attached hydrogens (primary N) is 1. The third-order valence-electron chi connectivity index (χ3n) is 2.59. The Kier molecular flexibility index (Phi) is 4.34. The first-order chi connectivity index (χ1) is 7.91. The van der Waals surface area contributed by atoms with Gasteiger partial charge in [0.15, 0.2) is 0 Å². The number of hydrogen-bond donors (Lipinski definition) is 3. The van der Waals surface area contributed by atoms with Crippen molar-refractivity contribution >= 4 is 17.3 Å². The van der Waals surface area contributed by atoms with Crippen molar-refractivity contribution in [3.05, 3.63) is 23.8 Å². The minimum atomic E-state index is -1.03. The summed E-state index contributed by atoms with van der Waals surface area (Å²) < 4.78 is 0. The predicted molar refractivity (Wildman–Crippen MR) is 67.4 cm³/mol. The SMILES string of the molecule is CC(O)CCN(C)c1ccc(N)c(C(=O)O)c1. The van der Waals surface area contributed by atoms with E-state index in [2.05, 4.69) is 0 Å². The summed E-state index contributed by atoms with van der Waals surface area (Å²) in [5.74, 6) is -1.03. The Labute approximate surface area is 100 Å². The number of aliphatic hydroxyl groups excluding tert-OH is 1. The standard InChI is InChI=1S/C12H18N2O3/c1-8(15)5-6-14(2)9-3-4-11(13)10(7-9)12(16)17/h3-4,7-8,15H,5-6,13H2,1-2H3,(H,16,17). The fraction of sp³-hybridized carbons (Fsp3) is 0.417. The van der Waals surface area contributed by atoms with Crippen LogP contribution in [0.5, 0.6) is 0 Å². The molecule has 0 amide bonds. The smallest absolute Gasteiger partial charge is 0.337 e. The summed E-state index contributed by atoms with van der Waals surface area (Å²) in [5.41, 5.74) is 6.71. The molecule has 0 saturated carbocycles. The zero-order valence-corrected chi connectivity index (χ0v) is 10.1. The van der Waals surface area contributed by atoms with Gasteiger partial charge < -0.3 is 20.8 Å². The van der Waals surface area contributed by atoms with Crippen molar-refractivity contribution in [2.45, 2.75) is 19.4 Å². The van der Waals surface area contributed by atoms with E-state index in [9.17, 15) is 9.90 Å². The number of hydrogen-bond acceptors (Lipinski definition) is 4. The van der Waals surface area contributed by atoms with Crippen LogP contribution >= 0.6 is 0 Å². The molecule has 0 spiro atoms. The van der Waals surface area contributed by atoms with Crippen molar-refractivity contribution in [2.75, 3.05) is 24.2 Å². The van der Waals surface area contributed by atoms with Crippen LogP contribution in [-0.2, 0) is 0 Å². The topological polar surface area (TPSA) is 86.8 Å². The highest BCUT2D eigenvalue weighted by atomic mass is 16.4. The highest BCUT2D eigenvalue weighted by molar-refractivity contribution is 5.94. The molecule has 1 aromatic carbocycles. The quantitative estimate of drug-likeness (QED) is 0.670. The Morgan fingerprint density at radius 3 is 2.71 bits per heavy atom. The van der Waals surface area contributed by atoms with Crippen molar-refractivity contribution in [3.63, 3.8) is 0 Å². The lowest BCUT2D eigenvalue weighted by molar-refractivity contribution is 0.0698. The van der Waals surface area contributed by atoms with Crippen molar-refractivity contribution in [1.82, 2.24) is 0 Å². The summed E-state index contributed by atoms with van der Waals surface area (Å²) in [6.07, 6.45) is 0.258. The van der Waals surface area contributed by atoms with Crippen molar-refractivity contribution in [3.8, 4) is 0 Å². The van der Waals surface area contributed by atoms with Gasteiger partial charge in [0.1, 0.15) is 0 Å². The van der Waals surface area contributed by atoms with E-state index >= 15 is 0 Å². The molecule has 1 unspecified atom stereocenters. The van der Waals surface area contributed by atoms with Gasteiger partial charge in [0.05, 0.1) is 11.7 Å². The molecule has 0 aromatic heterocycles. The summed E-state index contributed by atoms with van der Waals surface area (Å²) in [6, 6.07) is 4.89. The molecular formula is C12H18N2O3. The zero-order valence-electron chi connectivity index (χ0n) is 10.1. The van der Waals surface area contributed by atoms with Gasteiger partial charge in [-0.15, -0.1) is 0 Å². The van der Waals surface area contributed by atoms with Gasteiger partial charge in [0.2, 0.25) is 0 Å². The van der Waals surface area contributed by atoms with Crippen LogP contribution in [0.25, 0.3) is 0 Å². The molecule has 0 fully saturated rings. The Morgan fingerprint density at radius 1 is 1.53 bits per heavy atom. The molecule has 1 atom stereocenters. The second kappa shape index (κ2) is 5.54. The lowest BCUT2D eigenvalue weighted by Gasteiger charge is -2.20. The van der Waals surface area contributed by atoms with E-state index in [1.807, 2.05) is 11.9 Å². The highest BCUT2D eigenvalue weighted by Crippen LogP contribution is 2.20. The third-order valence-corrected chi connectivity index (χ3v) is 2.59. The number of anilines is 2. The number of aliphatic hydroxyl groups is 1. The number of carbonyl (C=O) groups is 1. The van der Waals surface area contributed by atoms with Crippen LogP contribution in [0.3, 0.4) is 0 Å². The van der Waals surface area contributed by atoms with Crippen LogP contribution in [0.4, 0.5) is 11.4 Å². The zero-order chi connectivity index (χ0) is 13.0. The molecule has 0 saturated heterocycles. The van der Waals surface area contributed by atoms with Gasteiger partial charge in [-0.2, -0.15) is 0 Å². The minimum Gasteiger partial charge on any atom is -0.478 e. The fourth-order valence-corrected chi connectivity index (χ4v) is 1.48. The first kappa shape index (κ1) is 13.3. The van der Waals surface area contributed by atoms with E-state index in [1.165, 1.54) is 0 Å². The fourth-order valence-electron chi connectivity index (χ4n) is 1.48. The maximum absolute atomic E-state index is 10.9. The normalized spacial score (nSPS) is 12.2. The molecule has 5 heteroatoms. The van der Waals surface area contributed by atoms with Gasteiger partial charge in [0, 0.05) is 25.0 Å². The number of benzene rings is 1. The van der Waals surface area contributed by atoms with E-state index in [0.717, 1.165) is 5.69 Å². The van der Waals surface area contributed by atoms with Gasteiger partial charge in [-0.25, -0.2) is 4.79 Å². The summed E-state index contributed by atoms with van der Waals surface area (Å²) in [7, 11) is 1.85. The number of carboxylic acid groups (broad SMARTS) is 1. The maximum atomic E-state index is 10.9. The lowest BCUT2D eigenvalue weighted by atomic mass is 10.1. The Balaban J connectivity index is 2.84. The largest absolute Gasteiger partial charge is 0.478 e. The molecule has 5 nitrogen and oxygen atoms in total. The van der Waals surface area contributed by atoms with Crippen LogP contribution in [0.1, 0.15) is 23.7 Å². The van der Waals surface area contributed by atoms with Crippen molar-refractivity contribution in [1.29, 1.82) is 0 Å². The molecule has 0 heterocycles. The predicted octanol–water partition coefficient (Wildman–Crippen LogP) is 1.17. The number of nitrogen functional groups attached to an aromatic ring is 1. The van der Waals surface area contributed by atoms with Crippen LogP contribution in [-0.4, -0.2) is 35.9 Å². The Hall–Kier alpha value is -1.75. The molecular weight excluding hydrogens is 220 g/mol. The molecule has 1 rings (SSSR count). The number of carboxylic acids is 1. The molecule has 0 aliphatic heterocycles. The van der Waals surface area contributed by atoms with Crippen molar-refractivity contribution < 1.29 is 15.0 Å². The van der Waals surface area contributed by atoms with E-state index in [1.54, 1.807) is 25.1 Å². The van der Waals surface area contributed by atoms with Crippen LogP contribution in [0.15, 0.2) is 18.2 Å². The maximum Gasteiger partial charge on any atom is 0.337 e. The van der Waals surface area contributed by atoms with Gasteiger partial charge in [-0.1, -0.05) is 0 Å². The average Bonchev–Trinajstić information content (AvgIpc) is 2.26. The van der Waals surface area contributed by atoms with Crippen LogP contribution in [0.2, 0.25) is 0 Å². The molecule has 0 bridgehead atoms. The number of aromatic carboxylic acids is 1. The molecule has 0 aliphatic carbocycles. The molecule has 1 aromatic rings. The molecule has 94 valence electrons. The second-order valence-corrected chi connectivity index (χ2v) is 4.14. The Morgan fingerprint density at radius 2 is 2.18 bits per heavy atom. The van der Waals surface area contributed by atoms with E-state index in [0.29, 0.717) is 13.0 Å². The minimum absolute atomic E-state index is 0.103. The summed E-state index contributed by atoms with van der Waals surface area (Å²) in [4.78, 5) is 12.8. The highest BCUT2D eigenvalue weighted by Gasteiger charge is 2.10. The van der Waals surface area contributed by atoms with Gasteiger partial charge >= 0.3 is 5.97 Å². The summed E-state index contributed by atoms with van der Waals surface area (Å²) in [6.45, 7) is 2.38. The number of rotatable bonds is 5. The molecule has 0 aliphatic rings. The first-order valence-electron chi connectivity index (χ1n) is 5.44. The van der Waals surface area contributed by atoms with E-state index in [-0.39, 0.29) is 17.4 Å². The van der Waals surface area contributed by atoms with E-state index in [4.69, 9.17) is 10.8 Å². The molecule has 17 heavy (non-hydrogen) atoms. The second-order valence-electron chi connectivity index (χ2n) is 4.14. The summed E-state index contributed by atoms with van der Waals surface area (Å²) >= 11 is 0. The van der Waals surface area contributed by atoms with Gasteiger partial charge in [-0.3, -0.25) is 0 Å². The van der Waals surface area contributed by atoms with Crippen LogP contribution in [0, 0.1) is 0 Å². The molecule has 4 N–H and O–H groups in total. The summed E-state index contributed by atoms with van der Waals surface area (Å²) in [5, 5.41) is 18.1.